The van der Waals surface area contributed by atoms with E-state index in [4.69, 9.17) is 5.26 Å². The maximum atomic E-state index is 8.64. The van der Waals surface area contributed by atoms with Crippen LogP contribution in [0.25, 0.3) is 16.3 Å². The summed E-state index contributed by atoms with van der Waals surface area (Å²) in [4.78, 5) is 0. The molecule has 0 fully saturated rings. The second-order valence-electron chi connectivity index (χ2n) is 3.48. The van der Waals surface area contributed by atoms with Gasteiger partial charge in [0.1, 0.15) is 0 Å². The topological polar surface area (TPSA) is 23.8 Å². The first-order valence-electron chi connectivity index (χ1n) is 4.87. The lowest BCUT2D eigenvalue weighted by Crippen LogP contribution is -1.82. The molecule has 0 heterocycles. The molecule has 2 rings (SSSR count). The van der Waals surface area contributed by atoms with Gasteiger partial charge >= 0.3 is 0 Å². The molecule has 0 spiro atoms. The number of fused-ring (bicyclic) bond motifs is 1. The highest BCUT2D eigenvalue weighted by molar-refractivity contribution is 5.93. The zero-order valence-electron chi connectivity index (χ0n) is 8.57. The molecule has 0 saturated heterocycles. The van der Waals surface area contributed by atoms with Crippen LogP contribution >= 0.6 is 0 Å². The van der Waals surface area contributed by atoms with Crippen LogP contribution in [0.15, 0.2) is 48.5 Å². The molecule has 0 N–H and O–H groups in total. The molecule has 0 bridgehead atoms. The van der Waals surface area contributed by atoms with Gasteiger partial charge in [-0.15, -0.1) is 0 Å². The van der Waals surface area contributed by atoms with Crippen molar-refractivity contribution in [3.8, 4) is 6.07 Å². The average Bonchev–Trinajstić information content (AvgIpc) is 2.28. The van der Waals surface area contributed by atoms with Crippen LogP contribution in [-0.4, -0.2) is 0 Å². The maximum absolute atomic E-state index is 8.64. The van der Waals surface area contributed by atoms with Crippen molar-refractivity contribution < 1.29 is 0 Å². The Morgan fingerprint density at radius 1 is 1.13 bits per heavy atom. The average molecular weight is 193 g/mol. The van der Waals surface area contributed by atoms with Crippen LogP contribution in [0.3, 0.4) is 0 Å². The standard InChI is InChI=1S/C14H11N/c1-11(9-10-15)13-8-4-6-12-5-2-3-7-14(12)13/h2-9H,1H3. The fraction of sp³-hybridized carbons (Fsp3) is 0.0714. The third-order valence-electron chi connectivity index (χ3n) is 2.50. The van der Waals surface area contributed by atoms with Gasteiger partial charge in [-0.2, -0.15) is 5.26 Å². The molecule has 15 heavy (non-hydrogen) atoms. The molecular formula is C14H11N. The van der Waals surface area contributed by atoms with Crippen LogP contribution in [0.1, 0.15) is 12.5 Å². The number of hydrogen-bond acceptors (Lipinski definition) is 1. The molecule has 1 heteroatoms. The van der Waals surface area contributed by atoms with Gasteiger partial charge in [-0.1, -0.05) is 42.5 Å². The quantitative estimate of drug-likeness (QED) is 0.632. The Morgan fingerprint density at radius 3 is 2.67 bits per heavy atom. The Labute approximate surface area is 89.3 Å². The molecule has 0 aliphatic rings. The molecule has 1 nitrogen and oxygen atoms in total. The predicted molar refractivity (Wildman–Crippen MR) is 63.2 cm³/mol. The molecule has 0 amide bonds. The van der Waals surface area contributed by atoms with Gasteiger partial charge in [0.05, 0.1) is 6.07 Å². The van der Waals surface area contributed by atoms with Crippen LogP contribution in [0.4, 0.5) is 0 Å². The van der Waals surface area contributed by atoms with Crippen LogP contribution in [-0.2, 0) is 0 Å². The Bertz CT molecular complexity index is 554. The summed E-state index contributed by atoms with van der Waals surface area (Å²) in [6.45, 7) is 1.96. The van der Waals surface area contributed by atoms with E-state index < -0.39 is 0 Å². The number of nitriles is 1. The fourth-order valence-corrected chi connectivity index (χ4v) is 1.74. The van der Waals surface area contributed by atoms with Crippen molar-refractivity contribution in [3.05, 3.63) is 54.1 Å². The molecule has 72 valence electrons. The summed E-state index contributed by atoms with van der Waals surface area (Å²) in [5, 5.41) is 11.1. The van der Waals surface area contributed by atoms with Crippen LogP contribution in [0.5, 0.6) is 0 Å². The van der Waals surface area contributed by atoms with E-state index >= 15 is 0 Å². The molecular weight excluding hydrogens is 182 g/mol. The van der Waals surface area contributed by atoms with Crippen molar-refractivity contribution in [3.63, 3.8) is 0 Å². The van der Waals surface area contributed by atoms with Crippen molar-refractivity contribution in [1.29, 1.82) is 5.26 Å². The molecule has 0 aliphatic carbocycles. The molecule has 0 aromatic heterocycles. The normalized spacial score (nSPS) is 11.3. The highest BCUT2D eigenvalue weighted by Gasteiger charge is 2.00. The summed E-state index contributed by atoms with van der Waals surface area (Å²) in [6.07, 6.45) is 1.59. The molecule has 0 unspecified atom stereocenters. The van der Waals surface area contributed by atoms with Gasteiger partial charge in [-0.3, -0.25) is 0 Å². The van der Waals surface area contributed by atoms with Gasteiger partial charge < -0.3 is 0 Å². The minimum atomic E-state index is 1.01. The predicted octanol–water partition coefficient (Wildman–Crippen LogP) is 3.77. The second kappa shape index (κ2) is 3.98. The number of benzene rings is 2. The van der Waals surface area contributed by atoms with Crippen molar-refractivity contribution >= 4 is 16.3 Å². The van der Waals surface area contributed by atoms with E-state index in [-0.39, 0.29) is 0 Å². The lowest BCUT2D eigenvalue weighted by atomic mass is 9.99. The lowest BCUT2D eigenvalue weighted by molar-refractivity contribution is 1.52. The van der Waals surface area contributed by atoms with E-state index in [9.17, 15) is 0 Å². The molecule has 2 aromatic carbocycles. The first-order valence-corrected chi connectivity index (χ1v) is 4.87. The number of nitrogens with zero attached hydrogens (tertiary/aromatic N) is 1. The molecule has 0 radical (unpaired) electrons. The minimum absolute atomic E-state index is 1.01. The first kappa shape index (κ1) is 9.48. The van der Waals surface area contributed by atoms with E-state index in [0.29, 0.717) is 0 Å². The first-order chi connectivity index (χ1) is 7.33. The van der Waals surface area contributed by atoms with Crippen LogP contribution in [0, 0.1) is 11.3 Å². The van der Waals surface area contributed by atoms with Gasteiger partial charge in [0.2, 0.25) is 0 Å². The highest BCUT2D eigenvalue weighted by Crippen LogP contribution is 2.24. The smallest absolute Gasteiger partial charge is 0.0915 e. The van der Waals surface area contributed by atoms with Crippen LogP contribution in [0.2, 0.25) is 0 Å². The van der Waals surface area contributed by atoms with E-state index in [0.717, 1.165) is 11.1 Å². The Kier molecular flexibility index (Phi) is 2.51. The largest absolute Gasteiger partial charge is 0.193 e. The Hall–Kier alpha value is -2.07. The molecule has 0 atom stereocenters. The summed E-state index contributed by atoms with van der Waals surface area (Å²) in [5.74, 6) is 0. The summed E-state index contributed by atoms with van der Waals surface area (Å²) < 4.78 is 0. The molecule has 2 aromatic rings. The third kappa shape index (κ3) is 1.75. The Balaban J connectivity index is 2.72. The summed E-state index contributed by atoms with van der Waals surface area (Å²) in [5.41, 5.74) is 2.14. The van der Waals surface area contributed by atoms with E-state index in [1.807, 2.05) is 31.2 Å². The number of allylic oxidation sites excluding steroid dienone is 2. The van der Waals surface area contributed by atoms with Crippen molar-refractivity contribution in [2.75, 3.05) is 0 Å². The van der Waals surface area contributed by atoms with Gasteiger partial charge in [-0.05, 0) is 28.8 Å². The zero-order valence-corrected chi connectivity index (χ0v) is 8.57. The third-order valence-corrected chi connectivity index (χ3v) is 2.50. The van der Waals surface area contributed by atoms with E-state index in [2.05, 4.69) is 24.3 Å². The van der Waals surface area contributed by atoms with Crippen LogP contribution < -0.4 is 0 Å². The van der Waals surface area contributed by atoms with Gasteiger partial charge in [0.15, 0.2) is 0 Å². The second-order valence-corrected chi connectivity index (χ2v) is 3.48. The zero-order chi connectivity index (χ0) is 10.7. The van der Waals surface area contributed by atoms with Gasteiger partial charge in [0, 0.05) is 6.08 Å². The number of rotatable bonds is 1. The summed E-state index contributed by atoms with van der Waals surface area (Å²) in [6, 6.07) is 16.4. The molecule has 0 saturated carbocycles. The summed E-state index contributed by atoms with van der Waals surface area (Å²) in [7, 11) is 0. The van der Waals surface area contributed by atoms with Crippen molar-refractivity contribution in [1.82, 2.24) is 0 Å². The number of hydrogen-bond donors (Lipinski definition) is 0. The lowest BCUT2D eigenvalue weighted by Gasteiger charge is -2.05. The van der Waals surface area contributed by atoms with Gasteiger partial charge in [-0.25, -0.2) is 0 Å². The van der Waals surface area contributed by atoms with Crippen molar-refractivity contribution in [2.24, 2.45) is 0 Å². The van der Waals surface area contributed by atoms with Gasteiger partial charge in [0.25, 0.3) is 0 Å². The monoisotopic (exact) mass is 193 g/mol. The fourth-order valence-electron chi connectivity index (χ4n) is 1.74. The highest BCUT2D eigenvalue weighted by atomic mass is 14.2. The van der Waals surface area contributed by atoms with E-state index in [1.165, 1.54) is 10.8 Å². The van der Waals surface area contributed by atoms with Crippen molar-refractivity contribution in [2.45, 2.75) is 6.92 Å². The Morgan fingerprint density at radius 2 is 1.87 bits per heavy atom. The maximum Gasteiger partial charge on any atom is 0.0915 e. The molecule has 0 aliphatic heterocycles. The van der Waals surface area contributed by atoms with E-state index in [1.54, 1.807) is 6.08 Å². The summed E-state index contributed by atoms with van der Waals surface area (Å²) >= 11 is 0. The SMILES string of the molecule is CC(=CC#N)c1cccc2ccccc12. The minimum Gasteiger partial charge on any atom is -0.193 e.